The van der Waals surface area contributed by atoms with Gasteiger partial charge >= 0.3 is 0 Å². The van der Waals surface area contributed by atoms with E-state index >= 15 is 0 Å². The molecule has 0 aliphatic carbocycles. The summed E-state index contributed by atoms with van der Waals surface area (Å²) in [5.74, 6) is 0.0425. The monoisotopic (exact) mass is 376 g/mol. The normalized spacial score (nSPS) is 10.9. The van der Waals surface area contributed by atoms with E-state index < -0.39 is 0 Å². The first kappa shape index (κ1) is 17.5. The van der Waals surface area contributed by atoms with Gasteiger partial charge in [0.2, 0.25) is 0 Å². The number of benzene rings is 3. The molecule has 3 aromatic carbocycles. The topological polar surface area (TPSA) is 28.7 Å². The molecule has 4 aromatic rings. The number of aromatic amines is 1. The van der Waals surface area contributed by atoms with Crippen LogP contribution in [0.4, 0.5) is 4.39 Å². The van der Waals surface area contributed by atoms with Crippen molar-refractivity contribution in [3.63, 3.8) is 0 Å². The van der Waals surface area contributed by atoms with Crippen molar-refractivity contribution < 1.29 is 4.39 Å². The van der Waals surface area contributed by atoms with Crippen LogP contribution in [0.25, 0.3) is 22.6 Å². The molecule has 134 valence electrons. The number of H-pyrrole nitrogens is 1. The highest BCUT2D eigenvalue weighted by Gasteiger charge is 2.13. The third-order valence-electron chi connectivity index (χ3n) is 4.59. The van der Waals surface area contributed by atoms with Gasteiger partial charge in [0.1, 0.15) is 11.6 Å². The van der Waals surface area contributed by atoms with E-state index in [1.807, 2.05) is 6.07 Å². The molecule has 0 aliphatic heterocycles. The lowest BCUT2D eigenvalue weighted by atomic mass is 10.0. The first-order valence-electron chi connectivity index (χ1n) is 8.83. The average Bonchev–Trinajstić information content (AvgIpc) is 3.17. The molecule has 4 rings (SSSR count). The maximum atomic E-state index is 14.1. The van der Waals surface area contributed by atoms with Crippen molar-refractivity contribution in [3.05, 3.63) is 101 Å². The van der Waals surface area contributed by atoms with Gasteiger partial charge in [-0.25, -0.2) is 9.37 Å². The van der Waals surface area contributed by atoms with Crippen LogP contribution in [0.5, 0.6) is 0 Å². The van der Waals surface area contributed by atoms with Crippen LogP contribution >= 0.6 is 11.6 Å². The number of aromatic nitrogens is 2. The average molecular weight is 377 g/mol. The van der Waals surface area contributed by atoms with Gasteiger partial charge in [0, 0.05) is 0 Å². The lowest BCUT2D eigenvalue weighted by Crippen LogP contribution is -1.91. The zero-order chi connectivity index (χ0) is 18.6. The van der Waals surface area contributed by atoms with Gasteiger partial charge < -0.3 is 4.98 Å². The van der Waals surface area contributed by atoms with E-state index in [0.29, 0.717) is 16.4 Å². The number of hydrogen-bond donors (Lipinski definition) is 1. The Bertz CT molecular complexity index is 1020. The van der Waals surface area contributed by atoms with Crippen molar-refractivity contribution in [2.24, 2.45) is 0 Å². The number of hydrogen-bond acceptors (Lipinski definition) is 1. The van der Waals surface area contributed by atoms with Crippen LogP contribution in [-0.2, 0) is 12.8 Å². The molecule has 1 heterocycles. The second-order valence-electron chi connectivity index (χ2n) is 6.42. The molecule has 2 nitrogen and oxygen atoms in total. The minimum atomic E-state index is -0.389. The Morgan fingerprint density at radius 1 is 0.815 bits per heavy atom. The molecule has 0 fully saturated rings. The van der Waals surface area contributed by atoms with Crippen LogP contribution in [0.1, 0.15) is 11.1 Å². The lowest BCUT2D eigenvalue weighted by Gasteiger charge is -2.04. The molecule has 0 spiro atoms. The summed E-state index contributed by atoms with van der Waals surface area (Å²) in [6, 6.07) is 23.4. The van der Waals surface area contributed by atoms with Gasteiger partial charge in [-0.15, -0.1) is 0 Å². The number of halogens is 2. The quantitative estimate of drug-likeness (QED) is 0.433. The van der Waals surface area contributed by atoms with Crippen LogP contribution in [-0.4, -0.2) is 9.97 Å². The van der Waals surface area contributed by atoms with Crippen molar-refractivity contribution in [1.82, 2.24) is 9.97 Å². The van der Waals surface area contributed by atoms with Crippen LogP contribution in [0.2, 0.25) is 5.02 Å². The van der Waals surface area contributed by atoms with E-state index in [4.69, 9.17) is 11.6 Å². The summed E-state index contributed by atoms with van der Waals surface area (Å²) >= 11 is 6.13. The van der Waals surface area contributed by atoms with Gasteiger partial charge in [-0.05, 0) is 41.7 Å². The standard InChI is InChI=1S/C23H18ClFN2/c24-19-7-4-8-20(25)22(19)23-26-15-21(27-23)18-13-11-17(12-14-18)10-9-16-5-2-1-3-6-16/h1-8,11-15H,9-10H2,(H,26,27). The van der Waals surface area contributed by atoms with Gasteiger partial charge in [0.05, 0.1) is 22.5 Å². The summed E-state index contributed by atoms with van der Waals surface area (Å²) in [6.07, 6.45) is 3.71. The van der Waals surface area contributed by atoms with E-state index in [1.165, 1.54) is 17.2 Å². The highest BCUT2D eigenvalue weighted by atomic mass is 35.5. The fourth-order valence-electron chi connectivity index (χ4n) is 3.10. The molecule has 0 atom stereocenters. The van der Waals surface area contributed by atoms with Crippen molar-refractivity contribution in [2.75, 3.05) is 0 Å². The van der Waals surface area contributed by atoms with Gasteiger partial charge in [0.15, 0.2) is 0 Å². The smallest absolute Gasteiger partial charge is 0.142 e. The van der Waals surface area contributed by atoms with Crippen molar-refractivity contribution in [3.8, 4) is 22.6 Å². The van der Waals surface area contributed by atoms with E-state index in [9.17, 15) is 4.39 Å². The first-order valence-corrected chi connectivity index (χ1v) is 9.21. The third kappa shape index (κ3) is 3.93. The minimum Gasteiger partial charge on any atom is -0.338 e. The first-order chi connectivity index (χ1) is 13.2. The summed E-state index contributed by atoms with van der Waals surface area (Å²) in [5, 5.41) is 0.340. The highest BCUT2D eigenvalue weighted by molar-refractivity contribution is 6.33. The molecular weight excluding hydrogens is 359 g/mol. The number of imidazole rings is 1. The maximum Gasteiger partial charge on any atom is 0.142 e. The van der Waals surface area contributed by atoms with Gasteiger partial charge in [-0.2, -0.15) is 0 Å². The van der Waals surface area contributed by atoms with Crippen LogP contribution < -0.4 is 0 Å². The van der Waals surface area contributed by atoms with E-state index in [1.54, 1.807) is 18.3 Å². The second-order valence-corrected chi connectivity index (χ2v) is 6.83. The summed E-state index contributed by atoms with van der Waals surface area (Å²) < 4.78 is 14.1. The molecule has 0 radical (unpaired) electrons. The number of rotatable bonds is 5. The van der Waals surface area contributed by atoms with Crippen LogP contribution in [0.3, 0.4) is 0 Å². The largest absolute Gasteiger partial charge is 0.338 e. The van der Waals surface area contributed by atoms with Crippen molar-refractivity contribution in [2.45, 2.75) is 12.8 Å². The van der Waals surface area contributed by atoms with Gasteiger partial charge in [-0.1, -0.05) is 72.3 Å². The number of nitrogens with one attached hydrogen (secondary N) is 1. The molecular formula is C23H18ClFN2. The molecule has 4 heteroatoms. The Balaban J connectivity index is 1.51. The summed E-state index contributed by atoms with van der Waals surface area (Å²) in [7, 11) is 0. The summed E-state index contributed by atoms with van der Waals surface area (Å²) in [5.41, 5.74) is 4.74. The van der Waals surface area contributed by atoms with E-state index in [2.05, 4.69) is 58.5 Å². The Hall–Kier alpha value is -2.91. The van der Waals surface area contributed by atoms with E-state index in [0.717, 1.165) is 24.1 Å². The molecule has 0 saturated heterocycles. The molecule has 0 aliphatic rings. The van der Waals surface area contributed by atoms with E-state index in [-0.39, 0.29) is 5.82 Å². The van der Waals surface area contributed by atoms with Crippen molar-refractivity contribution >= 4 is 11.6 Å². The highest BCUT2D eigenvalue weighted by Crippen LogP contribution is 2.30. The fourth-order valence-corrected chi connectivity index (χ4v) is 3.36. The fraction of sp³-hybridized carbons (Fsp3) is 0.0870. The van der Waals surface area contributed by atoms with Crippen molar-refractivity contribution in [1.29, 1.82) is 0 Å². The number of nitrogens with zero attached hydrogens (tertiary/aromatic N) is 1. The zero-order valence-electron chi connectivity index (χ0n) is 14.6. The Morgan fingerprint density at radius 3 is 2.22 bits per heavy atom. The molecule has 0 saturated carbocycles. The zero-order valence-corrected chi connectivity index (χ0v) is 15.4. The lowest BCUT2D eigenvalue weighted by molar-refractivity contribution is 0.630. The van der Waals surface area contributed by atoms with Gasteiger partial charge in [-0.3, -0.25) is 0 Å². The summed E-state index contributed by atoms with van der Waals surface area (Å²) in [4.78, 5) is 7.47. The Labute approximate surface area is 162 Å². The SMILES string of the molecule is Fc1cccc(Cl)c1-c1ncc(-c2ccc(CCc3ccccc3)cc2)[nH]1. The van der Waals surface area contributed by atoms with Crippen LogP contribution in [0.15, 0.2) is 79.0 Å². The molecule has 0 bridgehead atoms. The Morgan fingerprint density at radius 2 is 1.52 bits per heavy atom. The Kier molecular flexibility index (Phi) is 5.03. The van der Waals surface area contributed by atoms with Crippen LogP contribution in [0, 0.1) is 5.82 Å². The predicted molar refractivity (Wildman–Crippen MR) is 108 cm³/mol. The molecule has 27 heavy (non-hydrogen) atoms. The minimum absolute atomic E-state index is 0.296. The third-order valence-corrected chi connectivity index (χ3v) is 4.90. The molecule has 0 amide bonds. The number of aryl methyl sites for hydroxylation is 2. The van der Waals surface area contributed by atoms with Gasteiger partial charge in [0.25, 0.3) is 0 Å². The summed E-state index contributed by atoms with van der Waals surface area (Å²) in [6.45, 7) is 0. The molecule has 1 aromatic heterocycles. The maximum absolute atomic E-state index is 14.1. The predicted octanol–water partition coefficient (Wildman–Crippen LogP) is 6.32. The molecule has 0 unspecified atom stereocenters. The molecule has 1 N–H and O–H groups in total. The second kappa shape index (κ2) is 7.77.